The van der Waals surface area contributed by atoms with Crippen LogP contribution in [0.1, 0.15) is 23.3 Å². The monoisotopic (exact) mass is 269 g/mol. The van der Waals surface area contributed by atoms with Crippen LogP contribution in [0.25, 0.3) is 0 Å². The molecule has 1 fully saturated rings. The second-order valence-electron chi connectivity index (χ2n) is 4.83. The molecule has 1 N–H and O–H groups in total. The molecule has 102 valence electrons. The van der Waals surface area contributed by atoms with E-state index in [2.05, 4.69) is 23.7 Å². The van der Waals surface area contributed by atoms with Gasteiger partial charge in [0.25, 0.3) is 0 Å². The smallest absolute Gasteiger partial charge is 0.0591 e. The Morgan fingerprint density at radius 2 is 2.28 bits per heavy atom. The second-order valence-corrected chi connectivity index (χ2v) is 5.83. The molecule has 0 aliphatic carbocycles. The zero-order valence-electron chi connectivity index (χ0n) is 11.1. The van der Waals surface area contributed by atoms with Crippen LogP contribution >= 0.6 is 11.3 Å². The molecule has 0 amide bonds. The van der Waals surface area contributed by atoms with Crippen molar-refractivity contribution in [2.24, 2.45) is 5.92 Å². The summed E-state index contributed by atoms with van der Waals surface area (Å²) in [5.74, 6) is 0.707. The van der Waals surface area contributed by atoms with E-state index in [0.717, 1.165) is 52.4 Å². The first-order valence-corrected chi connectivity index (χ1v) is 7.63. The molecule has 0 spiro atoms. The van der Waals surface area contributed by atoms with E-state index >= 15 is 0 Å². The van der Waals surface area contributed by atoms with Gasteiger partial charge in [-0.05, 0) is 42.7 Å². The van der Waals surface area contributed by atoms with Crippen molar-refractivity contribution >= 4 is 11.3 Å². The molecule has 2 rings (SSSR count). The summed E-state index contributed by atoms with van der Waals surface area (Å²) in [4.78, 5) is 1.43. The Labute approximate surface area is 113 Å². The minimum Gasteiger partial charge on any atom is -0.381 e. The largest absolute Gasteiger partial charge is 0.381 e. The Morgan fingerprint density at radius 1 is 1.44 bits per heavy atom. The molecule has 0 atom stereocenters. The quantitative estimate of drug-likeness (QED) is 0.772. The predicted octanol–water partition coefficient (Wildman–Crippen LogP) is 2.59. The topological polar surface area (TPSA) is 30.5 Å². The number of hydrogen-bond acceptors (Lipinski definition) is 4. The van der Waals surface area contributed by atoms with Crippen LogP contribution in [0, 0.1) is 12.8 Å². The highest BCUT2D eigenvalue weighted by atomic mass is 32.1. The Kier molecular flexibility index (Phi) is 6.14. The zero-order chi connectivity index (χ0) is 12.6. The van der Waals surface area contributed by atoms with Crippen LogP contribution < -0.4 is 5.32 Å². The summed E-state index contributed by atoms with van der Waals surface area (Å²) in [6, 6.07) is 2.17. The number of thiophene rings is 1. The minimum atomic E-state index is 0.707. The first-order valence-electron chi connectivity index (χ1n) is 6.75. The first-order chi connectivity index (χ1) is 8.86. The van der Waals surface area contributed by atoms with Gasteiger partial charge in [-0.15, -0.1) is 11.3 Å². The van der Waals surface area contributed by atoms with Crippen LogP contribution in [0.15, 0.2) is 11.4 Å². The summed E-state index contributed by atoms with van der Waals surface area (Å²) in [7, 11) is 0. The highest BCUT2D eigenvalue weighted by molar-refractivity contribution is 7.10. The van der Waals surface area contributed by atoms with E-state index in [1.54, 1.807) is 0 Å². The van der Waals surface area contributed by atoms with E-state index in [1.807, 2.05) is 11.3 Å². The average molecular weight is 269 g/mol. The van der Waals surface area contributed by atoms with Crippen LogP contribution in [0.2, 0.25) is 0 Å². The summed E-state index contributed by atoms with van der Waals surface area (Å²) in [6.45, 7) is 7.57. The molecule has 4 heteroatoms. The lowest BCUT2D eigenvalue weighted by Crippen LogP contribution is -2.23. The van der Waals surface area contributed by atoms with E-state index in [-0.39, 0.29) is 0 Å². The van der Waals surface area contributed by atoms with E-state index in [4.69, 9.17) is 9.47 Å². The highest BCUT2D eigenvalue weighted by Gasteiger charge is 2.13. The molecule has 1 aliphatic rings. The van der Waals surface area contributed by atoms with Crippen LogP contribution in [0.4, 0.5) is 0 Å². The number of nitrogens with one attached hydrogen (secondary N) is 1. The molecule has 0 saturated carbocycles. The molecule has 1 saturated heterocycles. The number of rotatable bonds is 7. The molecule has 3 nitrogen and oxygen atoms in total. The molecule has 0 aromatic carbocycles. The lowest BCUT2D eigenvalue weighted by molar-refractivity contribution is 0.0214. The summed E-state index contributed by atoms with van der Waals surface area (Å²) in [5, 5.41) is 5.57. The maximum absolute atomic E-state index is 5.71. The molecule has 1 aromatic rings. The normalized spacial score (nSPS) is 17.2. The van der Waals surface area contributed by atoms with Crippen molar-refractivity contribution in [1.29, 1.82) is 0 Å². The summed E-state index contributed by atoms with van der Waals surface area (Å²) >= 11 is 1.82. The third-order valence-electron chi connectivity index (χ3n) is 3.37. The fourth-order valence-electron chi connectivity index (χ4n) is 2.09. The first kappa shape index (κ1) is 14.0. The van der Waals surface area contributed by atoms with Gasteiger partial charge in [-0.2, -0.15) is 0 Å². The third kappa shape index (κ3) is 4.69. The molecule has 1 aliphatic heterocycles. The van der Waals surface area contributed by atoms with Crippen LogP contribution in [0.3, 0.4) is 0 Å². The Hall–Kier alpha value is -0.420. The van der Waals surface area contributed by atoms with Gasteiger partial charge in [-0.1, -0.05) is 0 Å². The zero-order valence-corrected chi connectivity index (χ0v) is 11.9. The molecule has 0 unspecified atom stereocenters. The minimum absolute atomic E-state index is 0.707. The van der Waals surface area contributed by atoms with Crippen molar-refractivity contribution in [1.82, 2.24) is 5.32 Å². The molecule has 2 heterocycles. The van der Waals surface area contributed by atoms with Gasteiger partial charge < -0.3 is 14.8 Å². The van der Waals surface area contributed by atoms with Gasteiger partial charge in [0.15, 0.2) is 0 Å². The van der Waals surface area contributed by atoms with Gasteiger partial charge in [0.1, 0.15) is 0 Å². The third-order valence-corrected chi connectivity index (χ3v) is 4.39. The van der Waals surface area contributed by atoms with Gasteiger partial charge in [0, 0.05) is 37.8 Å². The van der Waals surface area contributed by atoms with Gasteiger partial charge in [0.2, 0.25) is 0 Å². The molecular formula is C14H23NO2S. The summed E-state index contributed by atoms with van der Waals surface area (Å²) in [5.41, 5.74) is 1.38. The van der Waals surface area contributed by atoms with Crippen LogP contribution in [-0.2, 0) is 16.0 Å². The van der Waals surface area contributed by atoms with E-state index in [1.165, 1.54) is 10.4 Å². The van der Waals surface area contributed by atoms with Crippen LogP contribution in [-0.4, -0.2) is 33.0 Å². The fraction of sp³-hybridized carbons (Fsp3) is 0.714. The van der Waals surface area contributed by atoms with Gasteiger partial charge in [-0.3, -0.25) is 0 Å². The Morgan fingerprint density at radius 3 is 3.00 bits per heavy atom. The maximum Gasteiger partial charge on any atom is 0.0591 e. The fourth-order valence-corrected chi connectivity index (χ4v) is 2.97. The summed E-state index contributed by atoms with van der Waals surface area (Å²) < 4.78 is 11.0. The molecule has 1 aromatic heterocycles. The maximum atomic E-state index is 5.71. The van der Waals surface area contributed by atoms with Gasteiger partial charge in [0.05, 0.1) is 6.61 Å². The second kappa shape index (κ2) is 7.89. The summed E-state index contributed by atoms with van der Waals surface area (Å²) in [6.07, 6.45) is 2.31. The molecular weight excluding hydrogens is 246 g/mol. The van der Waals surface area contributed by atoms with Gasteiger partial charge >= 0.3 is 0 Å². The van der Waals surface area contributed by atoms with Crippen molar-refractivity contribution in [3.05, 3.63) is 21.9 Å². The van der Waals surface area contributed by atoms with Crippen molar-refractivity contribution in [2.75, 3.05) is 33.0 Å². The number of aryl methyl sites for hydroxylation is 1. The van der Waals surface area contributed by atoms with Crippen molar-refractivity contribution < 1.29 is 9.47 Å². The number of ether oxygens (including phenoxy) is 2. The highest BCUT2D eigenvalue weighted by Crippen LogP contribution is 2.15. The lowest BCUT2D eigenvalue weighted by atomic mass is 10.0. The average Bonchev–Trinajstić information content (AvgIpc) is 2.81. The SMILES string of the molecule is Cc1ccsc1CNCCOCC1CCOCC1. The van der Waals surface area contributed by atoms with Crippen molar-refractivity contribution in [2.45, 2.75) is 26.3 Å². The molecule has 18 heavy (non-hydrogen) atoms. The Balaban J connectivity index is 1.47. The molecule has 0 bridgehead atoms. The van der Waals surface area contributed by atoms with E-state index < -0.39 is 0 Å². The van der Waals surface area contributed by atoms with Crippen molar-refractivity contribution in [3.63, 3.8) is 0 Å². The van der Waals surface area contributed by atoms with E-state index in [0.29, 0.717) is 5.92 Å². The Bertz CT molecular complexity index is 334. The van der Waals surface area contributed by atoms with Crippen molar-refractivity contribution in [3.8, 4) is 0 Å². The molecule has 0 radical (unpaired) electrons. The lowest BCUT2D eigenvalue weighted by Gasteiger charge is -2.21. The van der Waals surface area contributed by atoms with Crippen LogP contribution in [0.5, 0.6) is 0 Å². The van der Waals surface area contributed by atoms with Gasteiger partial charge in [-0.25, -0.2) is 0 Å². The standard InChI is InChI=1S/C14H23NO2S/c1-12-4-9-18-14(12)10-15-5-8-17-11-13-2-6-16-7-3-13/h4,9,13,15H,2-3,5-8,10-11H2,1H3. The predicted molar refractivity (Wildman–Crippen MR) is 75.1 cm³/mol. The van der Waals surface area contributed by atoms with E-state index in [9.17, 15) is 0 Å². The number of hydrogen-bond donors (Lipinski definition) is 1.